The standard InChI is InChI=1S/C20H25NO2S2/c1-15-8-9-20(17(3)14-15)25(22,23)21-11-10-19(24-13-12-21)18-7-5-4-6-16(18)2/h4-9,14,19H,10-13H2,1-3H3. The summed E-state index contributed by atoms with van der Waals surface area (Å²) in [5.41, 5.74) is 4.53. The highest BCUT2D eigenvalue weighted by Crippen LogP contribution is 2.37. The zero-order chi connectivity index (χ0) is 18.0. The number of benzene rings is 2. The van der Waals surface area contributed by atoms with Gasteiger partial charge >= 0.3 is 0 Å². The maximum Gasteiger partial charge on any atom is 0.243 e. The van der Waals surface area contributed by atoms with Crippen molar-refractivity contribution in [2.45, 2.75) is 37.3 Å². The van der Waals surface area contributed by atoms with Gasteiger partial charge in [-0.05, 0) is 49.9 Å². The van der Waals surface area contributed by atoms with Crippen molar-refractivity contribution in [3.8, 4) is 0 Å². The molecule has 0 saturated carbocycles. The van der Waals surface area contributed by atoms with Crippen LogP contribution in [0.4, 0.5) is 0 Å². The molecule has 0 aliphatic carbocycles. The minimum absolute atomic E-state index is 0.362. The van der Waals surface area contributed by atoms with Crippen molar-refractivity contribution < 1.29 is 8.42 Å². The van der Waals surface area contributed by atoms with Crippen LogP contribution in [0.15, 0.2) is 47.4 Å². The summed E-state index contributed by atoms with van der Waals surface area (Å²) in [5.74, 6) is 0.823. The van der Waals surface area contributed by atoms with Crippen molar-refractivity contribution in [1.82, 2.24) is 4.31 Å². The summed E-state index contributed by atoms with van der Waals surface area (Å²) in [5, 5.41) is 0.362. The summed E-state index contributed by atoms with van der Waals surface area (Å²) >= 11 is 1.87. The van der Waals surface area contributed by atoms with Crippen molar-refractivity contribution >= 4 is 21.8 Å². The Balaban J connectivity index is 1.82. The molecule has 1 unspecified atom stereocenters. The largest absolute Gasteiger partial charge is 0.243 e. The smallest absolute Gasteiger partial charge is 0.207 e. The topological polar surface area (TPSA) is 37.4 Å². The molecule has 2 aromatic rings. The summed E-state index contributed by atoms with van der Waals surface area (Å²) in [6.45, 7) is 7.14. The van der Waals surface area contributed by atoms with E-state index in [0.717, 1.165) is 23.3 Å². The van der Waals surface area contributed by atoms with E-state index in [4.69, 9.17) is 0 Å². The van der Waals surface area contributed by atoms with Crippen LogP contribution >= 0.6 is 11.8 Å². The molecule has 1 atom stereocenters. The van der Waals surface area contributed by atoms with Gasteiger partial charge < -0.3 is 0 Å². The molecule has 0 N–H and O–H groups in total. The second-order valence-corrected chi connectivity index (χ2v) is 9.89. The summed E-state index contributed by atoms with van der Waals surface area (Å²) in [6.07, 6.45) is 0.847. The third kappa shape index (κ3) is 3.94. The zero-order valence-corrected chi connectivity index (χ0v) is 16.7. The zero-order valence-electron chi connectivity index (χ0n) is 15.0. The summed E-state index contributed by atoms with van der Waals surface area (Å²) < 4.78 is 27.9. The normalized spacial score (nSPS) is 19.6. The quantitative estimate of drug-likeness (QED) is 0.794. The Bertz CT molecular complexity index is 862. The second-order valence-electron chi connectivity index (χ2n) is 6.68. The molecule has 0 amide bonds. The first kappa shape index (κ1) is 18.5. The van der Waals surface area contributed by atoms with Crippen molar-refractivity contribution in [3.63, 3.8) is 0 Å². The highest BCUT2D eigenvalue weighted by Gasteiger charge is 2.29. The van der Waals surface area contributed by atoms with Crippen molar-refractivity contribution in [3.05, 3.63) is 64.7 Å². The van der Waals surface area contributed by atoms with Gasteiger partial charge in [-0.15, -0.1) is 0 Å². The predicted molar refractivity (Wildman–Crippen MR) is 106 cm³/mol. The molecule has 2 aromatic carbocycles. The first-order chi connectivity index (χ1) is 11.9. The molecule has 0 aromatic heterocycles. The molecule has 1 aliphatic rings. The van der Waals surface area contributed by atoms with Crippen molar-refractivity contribution in [2.75, 3.05) is 18.8 Å². The van der Waals surface area contributed by atoms with Gasteiger partial charge in [-0.2, -0.15) is 16.1 Å². The molecule has 1 saturated heterocycles. The molecule has 0 bridgehead atoms. The molecule has 134 valence electrons. The monoisotopic (exact) mass is 375 g/mol. The third-order valence-corrected chi connectivity index (χ3v) is 8.15. The number of sulfonamides is 1. The van der Waals surface area contributed by atoms with Gasteiger partial charge in [0, 0.05) is 24.1 Å². The van der Waals surface area contributed by atoms with Crippen molar-refractivity contribution in [1.29, 1.82) is 0 Å². The average Bonchev–Trinajstić information content (AvgIpc) is 2.81. The fraction of sp³-hybridized carbons (Fsp3) is 0.400. The summed E-state index contributed by atoms with van der Waals surface area (Å²) in [4.78, 5) is 0.442. The van der Waals surface area contributed by atoms with E-state index < -0.39 is 10.0 Å². The molecule has 5 heteroatoms. The minimum Gasteiger partial charge on any atom is -0.207 e. The van der Waals surface area contributed by atoms with E-state index in [0.29, 0.717) is 23.2 Å². The SMILES string of the molecule is Cc1ccc(S(=O)(=O)N2CCSC(c3ccccc3C)CC2)c(C)c1. The van der Waals surface area contributed by atoms with E-state index in [1.165, 1.54) is 11.1 Å². The molecule has 3 rings (SSSR count). The fourth-order valence-corrected chi connectivity index (χ4v) is 6.52. The molecule has 25 heavy (non-hydrogen) atoms. The van der Waals surface area contributed by atoms with E-state index in [-0.39, 0.29) is 0 Å². The van der Waals surface area contributed by atoms with Gasteiger partial charge in [0.05, 0.1) is 4.90 Å². The molecule has 0 radical (unpaired) electrons. The number of nitrogens with zero attached hydrogens (tertiary/aromatic N) is 1. The summed E-state index contributed by atoms with van der Waals surface area (Å²) in [7, 11) is -3.43. The van der Waals surface area contributed by atoms with Crippen LogP contribution in [-0.2, 0) is 10.0 Å². The van der Waals surface area contributed by atoms with E-state index in [9.17, 15) is 8.42 Å². The van der Waals surface area contributed by atoms with Gasteiger partial charge in [-0.1, -0.05) is 42.0 Å². The van der Waals surface area contributed by atoms with Gasteiger partial charge in [0.1, 0.15) is 0 Å². The lowest BCUT2D eigenvalue weighted by Crippen LogP contribution is -2.33. The number of hydrogen-bond acceptors (Lipinski definition) is 3. The Labute approximate surface area is 155 Å². The predicted octanol–water partition coefficient (Wildman–Crippen LogP) is 4.48. The van der Waals surface area contributed by atoms with Crippen LogP contribution < -0.4 is 0 Å². The molecule has 3 nitrogen and oxygen atoms in total. The highest BCUT2D eigenvalue weighted by molar-refractivity contribution is 7.99. The lowest BCUT2D eigenvalue weighted by atomic mass is 10.0. The first-order valence-electron chi connectivity index (χ1n) is 8.64. The lowest BCUT2D eigenvalue weighted by Gasteiger charge is -2.21. The molecular formula is C20H25NO2S2. The van der Waals surface area contributed by atoms with Crippen LogP contribution in [0.3, 0.4) is 0 Å². The summed E-state index contributed by atoms with van der Waals surface area (Å²) in [6, 6.07) is 14.0. The van der Waals surface area contributed by atoms with Crippen LogP contribution in [0.1, 0.15) is 33.9 Å². The van der Waals surface area contributed by atoms with E-state index in [2.05, 4.69) is 31.2 Å². The van der Waals surface area contributed by atoms with Crippen LogP contribution in [0.5, 0.6) is 0 Å². The number of thioether (sulfide) groups is 1. The molecule has 1 aliphatic heterocycles. The van der Waals surface area contributed by atoms with Gasteiger partial charge in [-0.3, -0.25) is 0 Å². The average molecular weight is 376 g/mol. The van der Waals surface area contributed by atoms with Gasteiger partial charge in [0.15, 0.2) is 0 Å². The molecular weight excluding hydrogens is 350 g/mol. The maximum absolute atomic E-state index is 13.1. The van der Waals surface area contributed by atoms with Crippen LogP contribution in [0.25, 0.3) is 0 Å². The minimum atomic E-state index is -3.43. The highest BCUT2D eigenvalue weighted by atomic mass is 32.2. The Morgan fingerprint density at radius 3 is 2.48 bits per heavy atom. The Morgan fingerprint density at radius 2 is 1.76 bits per heavy atom. The lowest BCUT2D eigenvalue weighted by molar-refractivity contribution is 0.427. The number of hydrogen-bond donors (Lipinski definition) is 0. The maximum atomic E-state index is 13.1. The number of aryl methyl sites for hydroxylation is 3. The van der Waals surface area contributed by atoms with E-state index in [1.54, 1.807) is 10.4 Å². The molecule has 0 spiro atoms. The van der Waals surface area contributed by atoms with E-state index >= 15 is 0 Å². The Morgan fingerprint density at radius 1 is 1.00 bits per heavy atom. The van der Waals surface area contributed by atoms with E-state index in [1.807, 2.05) is 37.7 Å². The fourth-order valence-electron chi connectivity index (χ4n) is 3.41. The van der Waals surface area contributed by atoms with Crippen LogP contribution in [0, 0.1) is 20.8 Å². The van der Waals surface area contributed by atoms with Crippen LogP contribution in [-0.4, -0.2) is 31.6 Å². The molecule has 1 fully saturated rings. The molecule has 1 heterocycles. The Hall–Kier alpha value is -1.30. The van der Waals surface area contributed by atoms with Crippen molar-refractivity contribution in [2.24, 2.45) is 0 Å². The van der Waals surface area contributed by atoms with Gasteiger partial charge in [0.2, 0.25) is 10.0 Å². The third-order valence-electron chi connectivity index (χ3n) is 4.78. The van der Waals surface area contributed by atoms with Crippen LogP contribution in [0.2, 0.25) is 0 Å². The number of rotatable bonds is 3. The van der Waals surface area contributed by atoms with Gasteiger partial charge in [0.25, 0.3) is 0 Å². The first-order valence-corrected chi connectivity index (χ1v) is 11.1. The Kier molecular flexibility index (Phi) is 5.56. The second kappa shape index (κ2) is 7.52. The van der Waals surface area contributed by atoms with Gasteiger partial charge in [-0.25, -0.2) is 8.42 Å².